The molecule has 2 rings (SSSR count). The number of ether oxygens (including phenoxy) is 2. The predicted molar refractivity (Wildman–Crippen MR) is 53.3 cm³/mol. The summed E-state index contributed by atoms with van der Waals surface area (Å²) < 4.78 is 9.85. The molecule has 0 aliphatic heterocycles. The van der Waals surface area contributed by atoms with Gasteiger partial charge >= 0.3 is 5.97 Å². The second-order valence-electron chi connectivity index (χ2n) is 4.97. The zero-order chi connectivity index (χ0) is 10.9. The van der Waals surface area contributed by atoms with Crippen molar-refractivity contribution in [1.82, 2.24) is 0 Å². The lowest BCUT2D eigenvalue weighted by Crippen LogP contribution is -2.23. The highest BCUT2D eigenvalue weighted by atomic mass is 16.6. The van der Waals surface area contributed by atoms with E-state index in [1.807, 2.05) is 0 Å². The molecule has 0 aromatic rings. The maximum absolute atomic E-state index is 10.9. The Morgan fingerprint density at radius 1 is 1.33 bits per heavy atom. The van der Waals surface area contributed by atoms with E-state index in [0.717, 1.165) is 32.1 Å². The minimum absolute atomic E-state index is 0.0245. The average molecular weight is 214 g/mol. The fourth-order valence-corrected chi connectivity index (χ4v) is 2.90. The molecule has 2 fully saturated rings. The lowest BCUT2D eigenvalue weighted by molar-refractivity contribution is -0.147. The quantitative estimate of drug-likeness (QED) is 0.705. The van der Waals surface area contributed by atoms with Crippen LogP contribution in [0.15, 0.2) is 0 Å². The van der Waals surface area contributed by atoms with Crippen LogP contribution in [0.25, 0.3) is 0 Å². The summed E-state index contributed by atoms with van der Waals surface area (Å²) in [4.78, 5) is 10.9. The Morgan fingerprint density at radius 3 is 2.47 bits per heavy atom. The Balaban J connectivity index is 1.78. The number of rotatable bonds is 4. The number of fused-ring (bicyclic) bond motifs is 2. The van der Waals surface area contributed by atoms with Crippen molar-refractivity contribution in [2.45, 2.75) is 37.7 Å². The first kappa shape index (κ1) is 10.9. The van der Waals surface area contributed by atoms with E-state index < -0.39 is 5.60 Å². The standard InChI is InChI=1S/C11H18O4/c1-14-9(12)6-15-8-10-2-4-11(13,7-10)5-3-10/h13H,2-8H2,1H3. The number of carbonyl (C=O) groups is 1. The van der Waals surface area contributed by atoms with Crippen LogP contribution in [0.1, 0.15) is 32.1 Å². The Labute approximate surface area is 89.6 Å². The van der Waals surface area contributed by atoms with E-state index >= 15 is 0 Å². The van der Waals surface area contributed by atoms with Crippen LogP contribution >= 0.6 is 0 Å². The minimum atomic E-state index is -0.436. The summed E-state index contributed by atoms with van der Waals surface area (Å²) in [6, 6.07) is 0. The molecular formula is C11H18O4. The maximum Gasteiger partial charge on any atom is 0.331 e. The molecular weight excluding hydrogens is 196 g/mol. The Morgan fingerprint density at radius 2 is 2.00 bits per heavy atom. The molecule has 0 unspecified atom stereocenters. The van der Waals surface area contributed by atoms with Crippen molar-refractivity contribution >= 4 is 5.97 Å². The van der Waals surface area contributed by atoms with Crippen LogP contribution in [-0.2, 0) is 14.3 Å². The van der Waals surface area contributed by atoms with Gasteiger partial charge in [0.1, 0.15) is 6.61 Å². The molecule has 1 N–H and O–H groups in total. The third kappa shape index (κ3) is 2.16. The summed E-state index contributed by atoms with van der Waals surface area (Å²) in [5, 5.41) is 10.0. The van der Waals surface area contributed by atoms with Crippen LogP contribution in [-0.4, -0.2) is 37.0 Å². The second-order valence-corrected chi connectivity index (χ2v) is 4.97. The van der Waals surface area contributed by atoms with Crippen molar-refractivity contribution in [3.63, 3.8) is 0 Å². The van der Waals surface area contributed by atoms with Gasteiger partial charge in [-0.1, -0.05) is 0 Å². The van der Waals surface area contributed by atoms with E-state index in [-0.39, 0.29) is 18.0 Å². The van der Waals surface area contributed by atoms with Gasteiger partial charge in [-0.3, -0.25) is 0 Å². The monoisotopic (exact) mass is 214 g/mol. The molecule has 0 saturated heterocycles. The van der Waals surface area contributed by atoms with Crippen LogP contribution in [0.2, 0.25) is 0 Å². The second kappa shape index (κ2) is 3.76. The van der Waals surface area contributed by atoms with Crippen molar-refractivity contribution in [2.75, 3.05) is 20.3 Å². The fraction of sp³-hybridized carbons (Fsp3) is 0.909. The molecule has 15 heavy (non-hydrogen) atoms. The summed E-state index contributed by atoms with van der Waals surface area (Å²) in [6.07, 6.45) is 4.64. The van der Waals surface area contributed by atoms with E-state index in [0.29, 0.717) is 6.61 Å². The highest BCUT2D eigenvalue weighted by Gasteiger charge is 2.53. The van der Waals surface area contributed by atoms with E-state index in [2.05, 4.69) is 4.74 Å². The lowest BCUT2D eigenvalue weighted by atomic mass is 9.85. The van der Waals surface area contributed by atoms with Gasteiger partial charge in [-0.05, 0) is 37.5 Å². The van der Waals surface area contributed by atoms with E-state index in [4.69, 9.17) is 4.74 Å². The summed E-state index contributed by atoms with van der Waals surface area (Å²) in [6.45, 7) is 0.598. The first-order valence-electron chi connectivity index (χ1n) is 5.45. The van der Waals surface area contributed by atoms with Crippen molar-refractivity contribution in [3.05, 3.63) is 0 Å². The fourth-order valence-electron chi connectivity index (χ4n) is 2.90. The van der Waals surface area contributed by atoms with Crippen molar-refractivity contribution in [2.24, 2.45) is 5.41 Å². The summed E-state index contributed by atoms with van der Waals surface area (Å²) in [5.41, 5.74) is -0.308. The smallest absolute Gasteiger partial charge is 0.331 e. The van der Waals surface area contributed by atoms with Gasteiger partial charge in [-0.15, -0.1) is 0 Å². The average Bonchev–Trinajstić information content (AvgIpc) is 2.71. The molecule has 0 aromatic carbocycles. The molecule has 0 radical (unpaired) electrons. The summed E-state index contributed by atoms with van der Waals surface area (Å²) in [5.74, 6) is -0.336. The number of hydrogen-bond donors (Lipinski definition) is 1. The van der Waals surface area contributed by atoms with Gasteiger partial charge in [0.15, 0.2) is 0 Å². The normalized spacial score (nSPS) is 38.3. The zero-order valence-electron chi connectivity index (χ0n) is 9.12. The van der Waals surface area contributed by atoms with Crippen LogP contribution in [0, 0.1) is 5.41 Å². The lowest BCUT2D eigenvalue weighted by Gasteiger charge is -2.25. The van der Waals surface area contributed by atoms with Crippen molar-refractivity contribution in [1.29, 1.82) is 0 Å². The summed E-state index contributed by atoms with van der Waals surface area (Å²) >= 11 is 0. The van der Waals surface area contributed by atoms with Crippen LogP contribution in [0.3, 0.4) is 0 Å². The van der Waals surface area contributed by atoms with Gasteiger partial charge in [-0.25, -0.2) is 4.79 Å². The number of aliphatic hydroxyl groups is 1. The van der Waals surface area contributed by atoms with Gasteiger partial charge in [0, 0.05) is 0 Å². The molecule has 0 spiro atoms. The summed E-state index contributed by atoms with van der Waals surface area (Å²) in [7, 11) is 1.36. The van der Waals surface area contributed by atoms with Gasteiger partial charge < -0.3 is 14.6 Å². The molecule has 2 aliphatic rings. The Bertz CT molecular complexity index is 253. The zero-order valence-corrected chi connectivity index (χ0v) is 9.12. The highest BCUT2D eigenvalue weighted by molar-refractivity contribution is 5.70. The van der Waals surface area contributed by atoms with Crippen molar-refractivity contribution < 1.29 is 19.4 Å². The predicted octanol–water partition coefficient (Wildman–Crippen LogP) is 0.871. The number of carbonyl (C=O) groups excluding carboxylic acids is 1. The Kier molecular flexibility index (Phi) is 2.73. The maximum atomic E-state index is 10.9. The van der Waals surface area contributed by atoms with Gasteiger partial charge in [0.05, 0.1) is 19.3 Å². The topological polar surface area (TPSA) is 55.8 Å². The molecule has 4 nitrogen and oxygen atoms in total. The first-order valence-corrected chi connectivity index (χ1v) is 5.45. The Hall–Kier alpha value is -0.610. The highest BCUT2D eigenvalue weighted by Crippen LogP contribution is 2.56. The van der Waals surface area contributed by atoms with Crippen LogP contribution in [0.5, 0.6) is 0 Å². The molecule has 2 bridgehead atoms. The molecule has 0 aromatic heterocycles. The SMILES string of the molecule is COC(=O)COCC12CCC(O)(CC1)C2. The molecule has 2 saturated carbocycles. The minimum Gasteiger partial charge on any atom is -0.467 e. The van der Waals surface area contributed by atoms with Crippen molar-refractivity contribution in [3.8, 4) is 0 Å². The molecule has 0 amide bonds. The van der Waals surface area contributed by atoms with Gasteiger partial charge in [0.25, 0.3) is 0 Å². The molecule has 4 heteroatoms. The number of hydrogen-bond acceptors (Lipinski definition) is 4. The van der Waals surface area contributed by atoms with Crippen LogP contribution in [0.4, 0.5) is 0 Å². The molecule has 0 atom stereocenters. The molecule has 0 heterocycles. The van der Waals surface area contributed by atoms with Gasteiger partial charge in [-0.2, -0.15) is 0 Å². The van der Waals surface area contributed by atoms with E-state index in [1.165, 1.54) is 7.11 Å². The van der Waals surface area contributed by atoms with E-state index in [1.54, 1.807) is 0 Å². The van der Waals surface area contributed by atoms with Crippen LogP contribution < -0.4 is 0 Å². The molecule has 86 valence electrons. The first-order chi connectivity index (χ1) is 7.08. The third-order valence-corrected chi connectivity index (χ3v) is 3.80. The third-order valence-electron chi connectivity index (χ3n) is 3.80. The number of methoxy groups -OCH3 is 1. The van der Waals surface area contributed by atoms with E-state index in [9.17, 15) is 9.90 Å². The largest absolute Gasteiger partial charge is 0.467 e. The number of esters is 1. The molecule has 2 aliphatic carbocycles. The van der Waals surface area contributed by atoms with Gasteiger partial charge in [0.2, 0.25) is 0 Å².